The lowest BCUT2D eigenvalue weighted by atomic mass is 9.97. The Hall–Kier alpha value is -1.16. The van der Waals surface area contributed by atoms with E-state index >= 15 is 0 Å². The van der Waals surface area contributed by atoms with Crippen molar-refractivity contribution >= 4 is 17.7 Å². The highest BCUT2D eigenvalue weighted by Crippen LogP contribution is 2.41. The van der Waals surface area contributed by atoms with Crippen LogP contribution in [0, 0.1) is 6.92 Å². The second-order valence-electron chi connectivity index (χ2n) is 5.36. The molecule has 0 aliphatic carbocycles. The van der Waals surface area contributed by atoms with E-state index in [2.05, 4.69) is 5.32 Å². The van der Waals surface area contributed by atoms with E-state index in [0.717, 1.165) is 17.3 Å². The molecule has 0 spiro atoms. The molecule has 1 aliphatic heterocycles. The summed E-state index contributed by atoms with van der Waals surface area (Å²) in [4.78, 5) is 12.2. The van der Waals surface area contributed by atoms with Crippen LogP contribution in [0.4, 0.5) is 0 Å². The molecule has 1 saturated heterocycles. The van der Waals surface area contributed by atoms with E-state index in [4.69, 9.17) is 6.11 Å². The van der Waals surface area contributed by atoms with Gasteiger partial charge in [-0.05, 0) is 18.6 Å². The van der Waals surface area contributed by atoms with Gasteiger partial charge in [-0.15, -0.1) is 0 Å². The Morgan fingerprint density at radius 3 is 2.74 bits per heavy atom. The van der Waals surface area contributed by atoms with Gasteiger partial charge in [0.2, 0.25) is 11.0 Å². The van der Waals surface area contributed by atoms with E-state index in [9.17, 15) is 25.2 Å². The molecule has 1 amide bonds. The minimum Gasteiger partial charge on any atom is -0.394 e. The Balaban J connectivity index is 2.35. The molecular weight excluding hydrogens is 322 g/mol. The first-order chi connectivity index (χ1) is 11.3. The van der Waals surface area contributed by atoms with Gasteiger partial charge in [-0.3, -0.25) is 4.79 Å². The Labute approximate surface area is 139 Å². The zero-order chi connectivity index (χ0) is 17.9. The molecule has 7 nitrogen and oxygen atoms in total. The van der Waals surface area contributed by atoms with Crippen molar-refractivity contribution in [2.45, 2.75) is 48.2 Å². The van der Waals surface area contributed by atoms with Gasteiger partial charge in [0.1, 0.15) is 24.4 Å². The monoisotopic (exact) mass is 344 g/mol. The fourth-order valence-corrected chi connectivity index (χ4v) is 3.59. The molecule has 5 atom stereocenters. The first-order valence-electron chi connectivity index (χ1n) is 7.73. The van der Waals surface area contributed by atoms with Gasteiger partial charge >= 0.3 is 0 Å². The number of carbonyl (C=O) groups is 1. The topological polar surface area (TPSA) is 119 Å². The van der Waals surface area contributed by atoms with E-state index in [-0.39, 0.29) is 0 Å². The maximum atomic E-state index is 11.6. The Morgan fingerprint density at radius 1 is 1.43 bits per heavy atom. The minimum absolute atomic E-state index is 0.603. The van der Waals surface area contributed by atoms with Crippen molar-refractivity contribution in [1.82, 2.24) is 5.32 Å². The molecule has 0 bridgehead atoms. The number of aliphatic hydroxyl groups is 4. The molecule has 0 radical (unpaired) electrons. The molecule has 0 aromatic heterocycles. The van der Waals surface area contributed by atoms with Crippen molar-refractivity contribution in [3.05, 3.63) is 29.8 Å². The van der Waals surface area contributed by atoms with Gasteiger partial charge in [-0.2, -0.15) is 0 Å². The average Bonchev–Trinajstić information content (AvgIpc) is 2.57. The van der Waals surface area contributed by atoms with Gasteiger partial charge in [0.05, 0.1) is 6.61 Å². The van der Waals surface area contributed by atoms with Crippen LogP contribution in [0.3, 0.4) is 0 Å². The smallest absolute Gasteiger partial charge is 0.244 e. The molecular formula is C15H21NO6S. The highest BCUT2D eigenvalue weighted by Gasteiger charge is 2.54. The molecule has 1 aromatic carbocycles. The van der Waals surface area contributed by atoms with Gasteiger partial charge < -0.3 is 30.5 Å². The predicted molar refractivity (Wildman–Crippen MR) is 83.6 cm³/mol. The largest absolute Gasteiger partial charge is 0.394 e. The van der Waals surface area contributed by atoms with E-state index in [1.165, 1.54) is 0 Å². The predicted octanol–water partition coefficient (Wildman–Crippen LogP) is -0.649. The summed E-state index contributed by atoms with van der Waals surface area (Å²) in [6.45, 7) is 0.600. The van der Waals surface area contributed by atoms with Gasteiger partial charge in [-0.1, -0.05) is 30.0 Å². The van der Waals surface area contributed by atoms with Crippen LogP contribution in [0.1, 0.15) is 13.8 Å². The minimum atomic E-state index is -2.12. The van der Waals surface area contributed by atoms with Crippen LogP contribution in [0.15, 0.2) is 29.2 Å². The van der Waals surface area contributed by atoms with Crippen LogP contribution < -0.4 is 5.32 Å². The second kappa shape index (κ2) is 7.16. The third-order valence-electron chi connectivity index (χ3n) is 3.63. The number of aliphatic hydroxyl groups excluding tert-OH is 3. The average molecular weight is 344 g/mol. The quantitative estimate of drug-likeness (QED) is 0.461. The van der Waals surface area contributed by atoms with Crippen LogP contribution in [-0.4, -0.2) is 62.4 Å². The number of aryl methyl sites for hydroxylation is 1. The maximum absolute atomic E-state index is 11.6. The SMILES string of the molecule is [2H]CC(=O)N[C@@H]1[C@@H](O)[C@H](O)[C@@H](CO)OC1(O)Sc1ccccc1C. The number of benzene rings is 1. The molecule has 0 saturated carbocycles. The van der Waals surface area contributed by atoms with E-state index < -0.39 is 48.9 Å². The first kappa shape index (κ1) is 16.7. The van der Waals surface area contributed by atoms with Gasteiger partial charge in [0.15, 0.2) is 0 Å². The maximum Gasteiger partial charge on any atom is 0.244 e. The van der Waals surface area contributed by atoms with Crippen molar-refractivity contribution in [3.63, 3.8) is 0 Å². The summed E-state index contributed by atoms with van der Waals surface area (Å²) < 4.78 is 12.5. The van der Waals surface area contributed by atoms with E-state index in [1.54, 1.807) is 12.1 Å². The van der Waals surface area contributed by atoms with Crippen molar-refractivity contribution in [2.75, 3.05) is 6.61 Å². The van der Waals surface area contributed by atoms with Crippen LogP contribution in [0.5, 0.6) is 0 Å². The van der Waals surface area contributed by atoms with Crippen LogP contribution in [0.25, 0.3) is 0 Å². The van der Waals surface area contributed by atoms with Crippen molar-refractivity contribution in [2.24, 2.45) is 0 Å². The molecule has 1 unspecified atom stereocenters. The molecule has 5 N–H and O–H groups in total. The standard InChI is InChI=1S/C15H21NO6S/c1-8-5-3-4-6-11(8)23-15(21)14(16-9(2)18)13(20)12(19)10(7-17)22-15/h3-6,10,12-14,17,19-21H,7H2,1-2H3,(H,16,18)/t10-,12-,13+,14-,15?/m1/s1/i2D. The number of amides is 1. The van der Waals surface area contributed by atoms with Gasteiger partial charge in [0.25, 0.3) is 0 Å². The highest BCUT2D eigenvalue weighted by molar-refractivity contribution is 8.00. The Morgan fingerprint density at radius 2 is 2.13 bits per heavy atom. The van der Waals surface area contributed by atoms with Gasteiger partial charge in [0, 0.05) is 13.2 Å². The van der Waals surface area contributed by atoms with E-state index in [1.807, 2.05) is 19.1 Å². The third kappa shape index (κ3) is 3.85. The fraction of sp³-hybridized carbons (Fsp3) is 0.533. The zero-order valence-electron chi connectivity index (χ0n) is 13.5. The second-order valence-corrected chi connectivity index (χ2v) is 6.59. The summed E-state index contributed by atoms with van der Waals surface area (Å²) in [5, 5.41) is 40.7. The number of nitrogens with one attached hydrogen (secondary N) is 1. The molecule has 1 heterocycles. The molecule has 8 heteroatoms. The number of hydrogen-bond acceptors (Lipinski definition) is 7. The lowest BCUT2D eigenvalue weighted by Crippen LogP contribution is -2.68. The number of ether oxygens (including phenoxy) is 1. The summed E-state index contributed by atoms with van der Waals surface area (Å²) in [6.07, 6.45) is -4.29. The molecule has 1 aliphatic rings. The summed E-state index contributed by atoms with van der Waals surface area (Å²) in [7, 11) is 0. The Kier molecular flexibility index (Phi) is 5.20. The summed E-state index contributed by atoms with van der Waals surface area (Å²) in [5.74, 6) is -0.735. The number of rotatable bonds is 4. The van der Waals surface area contributed by atoms with Crippen molar-refractivity contribution in [1.29, 1.82) is 0 Å². The lowest BCUT2D eigenvalue weighted by molar-refractivity contribution is -0.272. The molecule has 2 rings (SSSR count). The molecule has 23 heavy (non-hydrogen) atoms. The summed E-state index contributed by atoms with van der Waals surface area (Å²) in [5.41, 5.74) is 0.839. The number of carbonyl (C=O) groups excluding carboxylic acids is 1. The Bertz CT molecular complexity index is 591. The highest BCUT2D eigenvalue weighted by atomic mass is 32.2. The van der Waals surface area contributed by atoms with E-state index in [0.29, 0.717) is 4.90 Å². The number of hydrogen-bond donors (Lipinski definition) is 5. The normalized spacial score (nSPS) is 34.7. The lowest BCUT2D eigenvalue weighted by Gasteiger charge is -2.47. The molecule has 1 fully saturated rings. The number of thioether (sulfide) groups is 1. The van der Waals surface area contributed by atoms with Gasteiger partial charge in [-0.25, -0.2) is 0 Å². The van der Waals surface area contributed by atoms with Crippen LogP contribution in [-0.2, 0) is 9.53 Å². The third-order valence-corrected chi connectivity index (χ3v) is 4.95. The summed E-state index contributed by atoms with van der Waals surface area (Å²) >= 11 is 0.854. The summed E-state index contributed by atoms with van der Waals surface area (Å²) in [6, 6.07) is 5.75. The fourth-order valence-electron chi connectivity index (χ4n) is 2.40. The zero-order valence-corrected chi connectivity index (χ0v) is 13.4. The molecule has 128 valence electrons. The van der Waals surface area contributed by atoms with Crippen LogP contribution in [0.2, 0.25) is 0 Å². The van der Waals surface area contributed by atoms with Crippen LogP contribution >= 0.6 is 11.8 Å². The van der Waals surface area contributed by atoms with Crippen molar-refractivity contribution in [3.8, 4) is 0 Å². The van der Waals surface area contributed by atoms with Crippen molar-refractivity contribution < 1.29 is 31.3 Å². The first-order valence-corrected chi connectivity index (χ1v) is 7.84. The molecule has 1 aromatic rings.